The Hall–Kier alpha value is -2.02. The first-order chi connectivity index (χ1) is 10.2. The third-order valence-electron chi connectivity index (χ3n) is 2.26. The van der Waals surface area contributed by atoms with E-state index in [0.29, 0.717) is 5.56 Å². The fraction of sp³-hybridized carbons (Fsp3) is 0.400. The maximum Gasteiger partial charge on any atom is 0.409 e. The molecule has 0 unspecified atom stereocenters. The molecular formula is C15H20N2O4S. The van der Waals surface area contributed by atoms with Crippen molar-refractivity contribution < 1.29 is 19.1 Å². The molecule has 0 atom stereocenters. The van der Waals surface area contributed by atoms with E-state index in [1.165, 1.54) is 6.92 Å². The second-order valence-corrected chi connectivity index (χ2v) is 6.73. The Balaban J connectivity index is 2.42. The number of carbonyl (C=O) groups is 3. The lowest BCUT2D eigenvalue weighted by Gasteiger charge is -2.19. The number of ether oxygens (including phenoxy) is 1. The second kappa shape index (κ2) is 7.84. The normalized spacial score (nSPS) is 10.7. The summed E-state index contributed by atoms with van der Waals surface area (Å²) in [6.45, 7) is 6.72. The largest absolute Gasteiger partial charge is 0.444 e. The van der Waals surface area contributed by atoms with Crippen LogP contribution in [0.4, 0.5) is 4.79 Å². The van der Waals surface area contributed by atoms with Crippen LogP contribution in [-0.2, 0) is 9.53 Å². The number of amides is 2. The Morgan fingerprint density at radius 1 is 1.09 bits per heavy atom. The molecule has 7 heteroatoms. The van der Waals surface area contributed by atoms with Crippen molar-refractivity contribution in [2.75, 3.05) is 6.67 Å². The average Bonchev–Trinajstić information content (AvgIpc) is 2.36. The van der Waals surface area contributed by atoms with E-state index in [2.05, 4.69) is 10.6 Å². The van der Waals surface area contributed by atoms with Crippen molar-refractivity contribution in [1.82, 2.24) is 10.6 Å². The van der Waals surface area contributed by atoms with Gasteiger partial charge in [0.2, 0.25) is 0 Å². The van der Waals surface area contributed by atoms with Crippen LogP contribution in [-0.4, -0.2) is 29.4 Å². The Labute approximate surface area is 134 Å². The molecule has 2 N–H and O–H groups in total. The van der Waals surface area contributed by atoms with Gasteiger partial charge >= 0.3 is 6.09 Å². The highest BCUT2D eigenvalue weighted by atomic mass is 32.2. The Morgan fingerprint density at radius 3 is 2.18 bits per heavy atom. The number of hydrogen-bond acceptors (Lipinski definition) is 5. The van der Waals surface area contributed by atoms with Crippen LogP contribution in [0.5, 0.6) is 0 Å². The van der Waals surface area contributed by atoms with E-state index in [1.807, 2.05) is 0 Å². The predicted octanol–water partition coefficient (Wildman–Crippen LogP) is 2.54. The number of rotatable bonds is 4. The topological polar surface area (TPSA) is 84.5 Å². The lowest BCUT2D eigenvalue weighted by Crippen LogP contribution is -2.40. The molecule has 1 aromatic carbocycles. The summed E-state index contributed by atoms with van der Waals surface area (Å²) >= 11 is 1.10. The van der Waals surface area contributed by atoms with Gasteiger partial charge in [-0.05, 0) is 45.0 Å². The van der Waals surface area contributed by atoms with Crippen molar-refractivity contribution in [2.24, 2.45) is 0 Å². The average molecular weight is 324 g/mol. The van der Waals surface area contributed by atoms with Crippen LogP contribution >= 0.6 is 11.8 Å². The van der Waals surface area contributed by atoms with Crippen LogP contribution in [0.25, 0.3) is 0 Å². The van der Waals surface area contributed by atoms with E-state index in [0.717, 1.165) is 16.7 Å². The van der Waals surface area contributed by atoms with Crippen LogP contribution in [0.15, 0.2) is 29.2 Å². The van der Waals surface area contributed by atoms with E-state index in [1.54, 1.807) is 45.0 Å². The van der Waals surface area contributed by atoms with E-state index in [9.17, 15) is 14.4 Å². The van der Waals surface area contributed by atoms with Gasteiger partial charge in [-0.15, -0.1) is 0 Å². The first-order valence-electron chi connectivity index (χ1n) is 6.71. The summed E-state index contributed by atoms with van der Waals surface area (Å²) in [5, 5.41) is 4.97. The summed E-state index contributed by atoms with van der Waals surface area (Å²) in [6.07, 6.45) is -0.596. The molecule has 2 amide bonds. The molecule has 0 aliphatic rings. The third-order valence-corrected chi connectivity index (χ3v) is 3.05. The van der Waals surface area contributed by atoms with Gasteiger partial charge in [0.25, 0.3) is 5.91 Å². The maximum absolute atomic E-state index is 11.9. The zero-order valence-electron chi connectivity index (χ0n) is 13.1. The lowest BCUT2D eigenvalue weighted by molar-refractivity contribution is -0.109. The zero-order valence-corrected chi connectivity index (χ0v) is 13.9. The molecule has 0 spiro atoms. The minimum absolute atomic E-state index is 0.0150. The number of nitrogens with one attached hydrogen (secondary N) is 2. The van der Waals surface area contributed by atoms with Crippen molar-refractivity contribution in [3.8, 4) is 0 Å². The second-order valence-electron chi connectivity index (χ2n) is 5.48. The molecule has 0 saturated carbocycles. The molecule has 6 nitrogen and oxygen atoms in total. The summed E-state index contributed by atoms with van der Waals surface area (Å²) in [7, 11) is 0. The lowest BCUT2D eigenvalue weighted by atomic mass is 10.2. The van der Waals surface area contributed by atoms with Crippen LogP contribution < -0.4 is 10.6 Å². The highest BCUT2D eigenvalue weighted by Crippen LogP contribution is 2.18. The fourth-order valence-corrected chi connectivity index (χ4v) is 2.06. The molecule has 0 aliphatic heterocycles. The Bertz CT molecular complexity index is 550. The molecule has 22 heavy (non-hydrogen) atoms. The summed E-state index contributed by atoms with van der Waals surface area (Å²) in [4.78, 5) is 35.0. The van der Waals surface area contributed by atoms with Crippen LogP contribution in [0.1, 0.15) is 38.1 Å². The molecule has 0 aliphatic carbocycles. The minimum atomic E-state index is -0.596. The minimum Gasteiger partial charge on any atom is -0.444 e. The molecule has 1 rings (SSSR count). The maximum atomic E-state index is 11.9. The van der Waals surface area contributed by atoms with E-state index < -0.39 is 11.7 Å². The standard InChI is InChI=1S/C15H20N2O4S/c1-10(18)22-12-7-5-11(6-8-12)13(19)16-9-17-14(20)21-15(2,3)4/h5-8H,9H2,1-4H3,(H,16,19)(H,17,20). The smallest absolute Gasteiger partial charge is 0.409 e. The predicted molar refractivity (Wildman–Crippen MR) is 84.7 cm³/mol. The van der Waals surface area contributed by atoms with E-state index in [4.69, 9.17) is 4.74 Å². The van der Waals surface area contributed by atoms with Crippen molar-refractivity contribution in [3.63, 3.8) is 0 Å². The fourth-order valence-electron chi connectivity index (χ4n) is 1.45. The van der Waals surface area contributed by atoms with Gasteiger partial charge in [-0.25, -0.2) is 4.79 Å². The summed E-state index contributed by atoms with van der Waals surface area (Å²) in [5.41, 5.74) is -0.142. The van der Waals surface area contributed by atoms with Gasteiger partial charge in [0.15, 0.2) is 5.12 Å². The summed E-state index contributed by atoms with van der Waals surface area (Å²) in [6, 6.07) is 6.63. The van der Waals surface area contributed by atoms with Gasteiger partial charge in [-0.3, -0.25) is 9.59 Å². The number of alkyl carbamates (subject to hydrolysis) is 1. The van der Waals surface area contributed by atoms with Crippen LogP contribution in [0.3, 0.4) is 0 Å². The van der Waals surface area contributed by atoms with Gasteiger partial charge in [0, 0.05) is 17.4 Å². The van der Waals surface area contributed by atoms with Gasteiger partial charge in [-0.2, -0.15) is 0 Å². The van der Waals surface area contributed by atoms with Gasteiger partial charge in [0.05, 0.1) is 6.67 Å². The summed E-state index contributed by atoms with van der Waals surface area (Å²) in [5.74, 6) is -0.324. The quantitative estimate of drug-likeness (QED) is 0.657. The molecule has 0 bridgehead atoms. The zero-order chi connectivity index (χ0) is 16.8. The first-order valence-corrected chi connectivity index (χ1v) is 7.52. The van der Waals surface area contributed by atoms with Gasteiger partial charge < -0.3 is 15.4 Å². The highest BCUT2D eigenvalue weighted by Gasteiger charge is 2.15. The van der Waals surface area contributed by atoms with Crippen molar-refractivity contribution in [2.45, 2.75) is 38.2 Å². The molecule has 120 valence electrons. The number of carbonyl (C=O) groups excluding carboxylic acids is 3. The molecule has 0 heterocycles. The number of hydrogen-bond donors (Lipinski definition) is 2. The number of benzene rings is 1. The van der Waals surface area contributed by atoms with Gasteiger partial charge in [0.1, 0.15) is 5.60 Å². The van der Waals surface area contributed by atoms with Crippen LogP contribution in [0.2, 0.25) is 0 Å². The molecule has 0 fully saturated rings. The Kier molecular flexibility index (Phi) is 6.42. The first kappa shape index (κ1) is 18.0. The third kappa shape index (κ3) is 7.12. The highest BCUT2D eigenvalue weighted by molar-refractivity contribution is 8.13. The van der Waals surface area contributed by atoms with Gasteiger partial charge in [-0.1, -0.05) is 11.8 Å². The van der Waals surface area contributed by atoms with E-state index >= 15 is 0 Å². The molecule has 0 aromatic heterocycles. The van der Waals surface area contributed by atoms with Crippen molar-refractivity contribution in [3.05, 3.63) is 29.8 Å². The monoisotopic (exact) mass is 324 g/mol. The van der Waals surface area contributed by atoms with Crippen molar-refractivity contribution in [1.29, 1.82) is 0 Å². The molecule has 0 saturated heterocycles. The van der Waals surface area contributed by atoms with E-state index in [-0.39, 0.29) is 17.7 Å². The van der Waals surface area contributed by atoms with Crippen LogP contribution in [0, 0.1) is 0 Å². The summed E-state index contributed by atoms with van der Waals surface area (Å²) < 4.78 is 5.04. The van der Waals surface area contributed by atoms with Crippen molar-refractivity contribution >= 4 is 28.9 Å². The SMILES string of the molecule is CC(=O)Sc1ccc(C(=O)NCNC(=O)OC(C)(C)C)cc1. The molecule has 0 radical (unpaired) electrons. The Morgan fingerprint density at radius 2 is 1.68 bits per heavy atom. The number of thioether (sulfide) groups is 1. The molecular weight excluding hydrogens is 304 g/mol. The molecule has 1 aromatic rings.